The Labute approximate surface area is 155 Å². The molecular formula is C21H28N2O3. The molecule has 140 valence electrons. The largest absolute Gasteiger partial charge is 0.492 e. The first-order valence-corrected chi connectivity index (χ1v) is 8.90. The minimum absolute atomic E-state index is 0.0749. The lowest BCUT2D eigenvalue weighted by atomic mass is 9.87. The van der Waals surface area contributed by atoms with Gasteiger partial charge in [0, 0.05) is 0 Å². The maximum absolute atomic E-state index is 12.0. The SMILES string of the molecule is CCOc1ccccc1NC(=O)NCCOc1cccc(C(C)(C)C)c1. The van der Waals surface area contributed by atoms with Crippen LogP contribution < -0.4 is 20.1 Å². The third-order valence-electron chi connectivity index (χ3n) is 3.79. The summed E-state index contributed by atoms with van der Waals surface area (Å²) in [6.07, 6.45) is 0. The van der Waals surface area contributed by atoms with Crippen molar-refractivity contribution in [2.75, 3.05) is 25.1 Å². The summed E-state index contributed by atoms with van der Waals surface area (Å²) in [5.41, 5.74) is 1.93. The molecule has 2 aromatic rings. The van der Waals surface area contributed by atoms with E-state index in [1.807, 2.05) is 43.3 Å². The fourth-order valence-electron chi connectivity index (χ4n) is 2.40. The molecule has 0 heterocycles. The number of carbonyl (C=O) groups is 1. The van der Waals surface area contributed by atoms with E-state index in [9.17, 15) is 4.79 Å². The molecule has 2 amide bonds. The van der Waals surface area contributed by atoms with Gasteiger partial charge < -0.3 is 20.1 Å². The van der Waals surface area contributed by atoms with E-state index in [4.69, 9.17) is 9.47 Å². The summed E-state index contributed by atoms with van der Waals surface area (Å²) in [5.74, 6) is 1.46. The van der Waals surface area contributed by atoms with Gasteiger partial charge in [-0.1, -0.05) is 45.0 Å². The highest BCUT2D eigenvalue weighted by Gasteiger charge is 2.14. The van der Waals surface area contributed by atoms with Crippen LogP contribution in [-0.2, 0) is 5.41 Å². The number of hydrogen-bond donors (Lipinski definition) is 2. The van der Waals surface area contributed by atoms with Crippen LogP contribution in [0.5, 0.6) is 11.5 Å². The lowest BCUT2D eigenvalue weighted by Crippen LogP contribution is -2.32. The highest BCUT2D eigenvalue weighted by atomic mass is 16.5. The van der Waals surface area contributed by atoms with Gasteiger partial charge >= 0.3 is 6.03 Å². The number of rotatable bonds is 7. The minimum atomic E-state index is -0.288. The third-order valence-corrected chi connectivity index (χ3v) is 3.79. The van der Waals surface area contributed by atoms with Crippen LogP contribution in [0.1, 0.15) is 33.3 Å². The Hall–Kier alpha value is -2.69. The highest BCUT2D eigenvalue weighted by Crippen LogP contribution is 2.25. The van der Waals surface area contributed by atoms with Gasteiger partial charge in [0.1, 0.15) is 18.1 Å². The molecule has 5 heteroatoms. The number of anilines is 1. The highest BCUT2D eigenvalue weighted by molar-refractivity contribution is 5.90. The van der Waals surface area contributed by atoms with E-state index < -0.39 is 0 Å². The van der Waals surface area contributed by atoms with E-state index in [0.29, 0.717) is 31.2 Å². The van der Waals surface area contributed by atoms with Crippen molar-refractivity contribution in [2.24, 2.45) is 0 Å². The van der Waals surface area contributed by atoms with Gasteiger partial charge in [0.05, 0.1) is 18.8 Å². The van der Waals surface area contributed by atoms with Crippen LogP contribution in [0.3, 0.4) is 0 Å². The fourth-order valence-corrected chi connectivity index (χ4v) is 2.40. The van der Waals surface area contributed by atoms with Crippen molar-refractivity contribution in [1.82, 2.24) is 5.32 Å². The summed E-state index contributed by atoms with van der Waals surface area (Å²) < 4.78 is 11.2. The van der Waals surface area contributed by atoms with Crippen molar-refractivity contribution in [3.8, 4) is 11.5 Å². The Morgan fingerprint density at radius 3 is 2.54 bits per heavy atom. The lowest BCUT2D eigenvalue weighted by molar-refractivity contribution is 0.247. The average Bonchev–Trinajstić information content (AvgIpc) is 2.60. The number of hydrogen-bond acceptors (Lipinski definition) is 3. The second kappa shape index (κ2) is 9.13. The second-order valence-corrected chi connectivity index (χ2v) is 6.94. The van der Waals surface area contributed by atoms with Gasteiger partial charge in [-0.2, -0.15) is 0 Å². The van der Waals surface area contributed by atoms with Gasteiger partial charge in [-0.15, -0.1) is 0 Å². The first-order chi connectivity index (χ1) is 12.4. The van der Waals surface area contributed by atoms with E-state index >= 15 is 0 Å². The van der Waals surface area contributed by atoms with E-state index in [0.717, 1.165) is 5.75 Å². The molecule has 5 nitrogen and oxygen atoms in total. The first-order valence-electron chi connectivity index (χ1n) is 8.90. The molecule has 0 radical (unpaired) electrons. The zero-order valence-corrected chi connectivity index (χ0v) is 16.0. The van der Waals surface area contributed by atoms with Gasteiger partial charge in [0.15, 0.2) is 0 Å². The van der Waals surface area contributed by atoms with Crippen molar-refractivity contribution < 1.29 is 14.3 Å². The Bertz CT molecular complexity index is 723. The average molecular weight is 356 g/mol. The monoisotopic (exact) mass is 356 g/mol. The van der Waals surface area contributed by atoms with Crippen LogP contribution in [0.25, 0.3) is 0 Å². The minimum Gasteiger partial charge on any atom is -0.492 e. The van der Waals surface area contributed by atoms with Crippen LogP contribution in [0.2, 0.25) is 0 Å². The molecule has 0 fully saturated rings. The predicted octanol–water partition coefficient (Wildman–Crippen LogP) is 4.58. The smallest absolute Gasteiger partial charge is 0.319 e. The molecule has 0 saturated heterocycles. The molecular weight excluding hydrogens is 328 g/mol. The third kappa shape index (κ3) is 5.99. The van der Waals surface area contributed by atoms with Crippen molar-refractivity contribution in [3.63, 3.8) is 0 Å². The van der Waals surface area contributed by atoms with Crippen LogP contribution in [0.15, 0.2) is 48.5 Å². The number of para-hydroxylation sites is 2. The van der Waals surface area contributed by atoms with E-state index in [1.54, 1.807) is 6.07 Å². The molecule has 26 heavy (non-hydrogen) atoms. The molecule has 2 aromatic carbocycles. The van der Waals surface area contributed by atoms with Crippen LogP contribution in [-0.4, -0.2) is 25.8 Å². The Balaban J connectivity index is 1.79. The molecule has 0 aliphatic rings. The second-order valence-electron chi connectivity index (χ2n) is 6.94. The maximum Gasteiger partial charge on any atom is 0.319 e. The molecule has 0 aromatic heterocycles. The van der Waals surface area contributed by atoms with Crippen molar-refractivity contribution in [2.45, 2.75) is 33.1 Å². The van der Waals surface area contributed by atoms with Crippen molar-refractivity contribution in [1.29, 1.82) is 0 Å². The van der Waals surface area contributed by atoms with Gasteiger partial charge in [0.2, 0.25) is 0 Å². The van der Waals surface area contributed by atoms with Gasteiger partial charge in [0.25, 0.3) is 0 Å². The zero-order valence-electron chi connectivity index (χ0n) is 16.0. The maximum atomic E-state index is 12.0. The number of ether oxygens (including phenoxy) is 2. The first kappa shape index (κ1) is 19.6. The Morgan fingerprint density at radius 1 is 1.04 bits per heavy atom. The van der Waals surface area contributed by atoms with Crippen molar-refractivity contribution in [3.05, 3.63) is 54.1 Å². The molecule has 0 bridgehead atoms. The van der Waals surface area contributed by atoms with E-state index in [2.05, 4.69) is 37.5 Å². The summed E-state index contributed by atoms with van der Waals surface area (Å²) in [5, 5.41) is 5.58. The summed E-state index contributed by atoms with van der Waals surface area (Å²) >= 11 is 0. The standard InChI is InChI=1S/C21H28N2O3/c1-5-25-19-12-7-6-11-18(19)23-20(24)22-13-14-26-17-10-8-9-16(15-17)21(2,3)4/h6-12,15H,5,13-14H2,1-4H3,(H2,22,23,24). The summed E-state index contributed by atoms with van der Waals surface area (Å²) in [6.45, 7) is 9.75. The Kier molecular flexibility index (Phi) is 6.89. The molecule has 0 saturated carbocycles. The van der Waals surface area contributed by atoms with Crippen LogP contribution in [0, 0.1) is 0 Å². The molecule has 0 unspecified atom stereocenters. The van der Waals surface area contributed by atoms with Crippen LogP contribution in [0.4, 0.5) is 10.5 Å². The molecule has 0 aliphatic heterocycles. The molecule has 0 atom stereocenters. The lowest BCUT2D eigenvalue weighted by Gasteiger charge is -2.19. The number of carbonyl (C=O) groups excluding carboxylic acids is 1. The number of benzene rings is 2. The van der Waals surface area contributed by atoms with Crippen molar-refractivity contribution >= 4 is 11.7 Å². The Morgan fingerprint density at radius 2 is 1.81 bits per heavy atom. The van der Waals surface area contributed by atoms with Crippen LogP contribution >= 0.6 is 0 Å². The molecule has 0 aliphatic carbocycles. The number of urea groups is 1. The van der Waals surface area contributed by atoms with E-state index in [1.165, 1.54) is 5.56 Å². The number of amides is 2. The number of nitrogens with one attached hydrogen (secondary N) is 2. The fraction of sp³-hybridized carbons (Fsp3) is 0.381. The summed E-state index contributed by atoms with van der Waals surface area (Å²) in [4.78, 5) is 12.0. The molecule has 2 N–H and O–H groups in total. The van der Waals surface area contributed by atoms with Gasteiger partial charge in [-0.05, 0) is 42.2 Å². The molecule has 0 spiro atoms. The molecule has 2 rings (SSSR count). The normalized spacial score (nSPS) is 10.9. The van der Waals surface area contributed by atoms with E-state index in [-0.39, 0.29) is 11.4 Å². The predicted molar refractivity (Wildman–Crippen MR) is 105 cm³/mol. The van der Waals surface area contributed by atoms with Gasteiger partial charge in [-0.3, -0.25) is 0 Å². The summed E-state index contributed by atoms with van der Waals surface area (Å²) in [7, 11) is 0. The topological polar surface area (TPSA) is 59.6 Å². The quantitative estimate of drug-likeness (QED) is 0.714. The van der Waals surface area contributed by atoms with Gasteiger partial charge in [-0.25, -0.2) is 4.79 Å². The summed E-state index contributed by atoms with van der Waals surface area (Å²) in [6, 6.07) is 15.1. The zero-order chi connectivity index (χ0) is 19.0.